The molecule has 0 spiro atoms. The van der Waals surface area contributed by atoms with Crippen LogP contribution in [0.4, 0.5) is 0 Å². The maximum Gasteiger partial charge on any atom is 0.282 e. The molecule has 0 saturated heterocycles. The lowest BCUT2D eigenvalue weighted by atomic mass is 10.1. The lowest BCUT2D eigenvalue weighted by Gasteiger charge is -2.05. The van der Waals surface area contributed by atoms with Gasteiger partial charge in [-0.1, -0.05) is 48.5 Å². The summed E-state index contributed by atoms with van der Waals surface area (Å²) in [6.45, 7) is 0. The Labute approximate surface area is 132 Å². The first-order chi connectivity index (χ1) is 11.2. The normalized spacial score (nSPS) is 14.0. The van der Waals surface area contributed by atoms with Crippen LogP contribution in [0.1, 0.15) is 26.3 Å². The first-order valence-electron chi connectivity index (χ1n) is 7.25. The number of amides is 2. The zero-order valence-corrected chi connectivity index (χ0v) is 12.1. The highest BCUT2D eigenvalue weighted by atomic mass is 16.2. The molecule has 0 bridgehead atoms. The minimum absolute atomic E-state index is 0.386. The number of carbonyl (C=O) groups excluding carboxylic acids is 2. The summed E-state index contributed by atoms with van der Waals surface area (Å²) in [7, 11) is 0. The van der Waals surface area contributed by atoms with Crippen LogP contribution in [0, 0.1) is 0 Å². The maximum atomic E-state index is 12.2. The molecule has 110 valence electrons. The molecule has 2 amide bonds. The van der Waals surface area contributed by atoms with Gasteiger partial charge in [0.25, 0.3) is 11.8 Å². The van der Waals surface area contributed by atoms with Gasteiger partial charge in [-0.3, -0.25) is 9.59 Å². The molecule has 4 nitrogen and oxygen atoms in total. The standard InChI is InChI=1S/C19H12N2O2/c22-18-16-7-3-4-8-17(16)19(23)21(18)20-12-13-9-10-14-5-1-2-6-15(14)11-13/h1-12H. The summed E-state index contributed by atoms with van der Waals surface area (Å²) in [5, 5.41) is 7.21. The second kappa shape index (κ2) is 5.18. The summed E-state index contributed by atoms with van der Waals surface area (Å²) in [5.41, 5.74) is 1.63. The van der Waals surface area contributed by atoms with Gasteiger partial charge in [-0.15, -0.1) is 0 Å². The van der Waals surface area contributed by atoms with Gasteiger partial charge in [0.15, 0.2) is 0 Å². The molecule has 23 heavy (non-hydrogen) atoms. The first kappa shape index (κ1) is 13.4. The summed E-state index contributed by atoms with van der Waals surface area (Å²) in [6, 6.07) is 20.6. The smallest absolute Gasteiger partial charge is 0.267 e. The fraction of sp³-hybridized carbons (Fsp3) is 0. The third-order valence-corrected chi connectivity index (χ3v) is 3.87. The van der Waals surface area contributed by atoms with Gasteiger partial charge in [-0.25, -0.2) is 0 Å². The van der Waals surface area contributed by atoms with Crippen molar-refractivity contribution in [2.75, 3.05) is 0 Å². The molecule has 1 aliphatic rings. The van der Waals surface area contributed by atoms with E-state index < -0.39 is 0 Å². The van der Waals surface area contributed by atoms with Crippen molar-refractivity contribution in [3.05, 3.63) is 83.4 Å². The quantitative estimate of drug-likeness (QED) is 0.537. The van der Waals surface area contributed by atoms with Gasteiger partial charge in [0, 0.05) is 0 Å². The molecule has 3 aromatic rings. The van der Waals surface area contributed by atoms with Crippen LogP contribution < -0.4 is 0 Å². The highest BCUT2D eigenvalue weighted by molar-refractivity contribution is 6.21. The summed E-state index contributed by atoms with van der Waals surface area (Å²) in [4.78, 5) is 24.5. The average molecular weight is 300 g/mol. The van der Waals surface area contributed by atoms with Crippen molar-refractivity contribution in [3.63, 3.8) is 0 Å². The molecule has 0 N–H and O–H groups in total. The third kappa shape index (κ3) is 2.21. The number of imide groups is 1. The van der Waals surface area contributed by atoms with E-state index in [1.54, 1.807) is 24.3 Å². The number of hydrazone groups is 1. The van der Waals surface area contributed by atoms with Crippen LogP contribution in [0.2, 0.25) is 0 Å². The third-order valence-electron chi connectivity index (χ3n) is 3.87. The number of rotatable bonds is 2. The van der Waals surface area contributed by atoms with Crippen LogP contribution in [0.25, 0.3) is 10.8 Å². The zero-order chi connectivity index (χ0) is 15.8. The molecule has 0 atom stereocenters. The first-order valence-corrected chi connectivity index (χ1v) is 7.25. The number of benzene rings is 3. The van der Waals surface area contributed by atoms with E-state index in [2.05, 4.69) is 5.10 Å². The Morgan fingerprint density at radius 2 is 1.35 bits per heavy atom. The molecule has 0 aromatic heterocycles. The van der Waals surface area contributed by atoms with Crippen molar-refractivity contribution in [2.24, 2.45) is 5.10 Å². The molecule has 0 unspecified atom stereocenters. The van der Waals surface area contributed by atoms with Crippen molar-refractivity contribution in [3.8, 4) is 0 Å². The number of hydrogen-bond donors (Lipinski definition) is 0. The van der Waals surface area contributed by atoms with E-state index in [4.69, 9.17) is 0 Å². The van der Waals surface area contributed by atoms with Crippen molar-refractivity contribution >= 4 is 28.8 Å². The Morgan fingerprint density at radius 3 is 2.04 bits per heavy atom. The molecule has 1 aliphatic heterocycles. The van der Waals surface area contributed by atoms with Crippen LogP contribution in [0.15, 0.2) is 71.8 Å². The van der Waals surface area contributed by atoms with Crippen molar-refractivity contribution in [2.45, 2.75) is 0 Å². The van der Waals surface area contributed by atoms with Crippen molar-refractivity contribution in [1.29, 1.82) is 0 Å². The van der Waals surface area contributed by atoms with E-state index in [1.165, 1.54) is 6.21 Å². The number of carbonyl (C=O) groups is 2. The van der Waals surface area contributed by atoms with E-state index in [9.17, 15) is 9.59 Å². The van der Waals surface area contributed by atoms with E-state index >= 15 is 0 Å². The molecule has 0 radical (unpaired) electrons. The molecular weight excluding hydrogens is 288 g/mol. The van der Waals surface area contributed by atoms with Crippen LogP contribution in [-0.2, 0) is 0 Å². The molecule has 0 fully saturated rings. The molecule has 1 heterocycles. The van der Waals surface area contributed by atoms with Gasteiger partial charge in [-0.2, -0.15) is 10.1 Å². The largest absolute Gasteiger partial charge is 0.282 e. The van der Waals surface area contributed by atoms with E-state index in [-0.39, 0.29) is 11.8 Å². The molecule has 0 aliphatic carbocycles. The summed E-state index contributed by atoms with van der Waals surface area (Å²) >= 11 is 0. The van der Waals surface area contributed by atoms with Gasteiger partial charge >= 0.3 is 0 Å². The Hall–Kier alpha value is -3.27. The molecule has 0 saturated carbocycles. The van der Waals surface area contributed by atoms with E-state index in [0.29, 0.717) is 11.1 Å². The summed E-state index contributed by atoms with van der Waals surface area (Å²) < 4.78 is 0. The molecular formula is C19H12N2O2. The Morgan fingerprint density at radius 1 is 0.739 bits per heavy atom. The number of hydrogen-bond acceptors (Lipinski definition) is 3. The minimum Gasteiger partial charge on any atom is -0.267 e. The monoisotopic (exact) mass is 300 g/mol. The zero-order valence-electron chi connectivity index (χ0n) is 12.1. The van der Waals surface area contributed by atoms with Crippen LogP contribution in [0.5, 0.6) is 0 Å². The van der Waals surface area contributed by atoms with Gasteiger partial charge in [0.2, 0.25) is 0 Å². The second-order valence-corrected chi connectivity index (χ2v) is 5.32. The fourth-order valence-electron chi connectivity index (χ4n) is 2.69. The van der Waals surface area contributed by atoms with E-state index in [1.807, 2.05) is 42.5 Å². The van der Waals surface area contributed by atoms with Crippen LogP contribution >= 0.6 is 0 Å². The number of fused-ring (bicyclic) bond motifs is 2. The number of nitrogens with zero attached hydrogens (tertiary/aromatic N) is 2. The summed E-state index contributed by atoms with van der Waals surface area (Å²) in [6.07, 6.45) is 1.54. The van der Waals surface area contributed by atoms with Crippen molar-refractivity contribution < 1.29 is 9.59 Å². The summed E-state index contributed by atoms with van der Waals surface area (Å²) in [5.74, 6) is -0.773. The van der Waals surface area contributed by atoms with Crippen LogP contribution in [0.3, 0.4) is 0 Å². The Kier molecular flexibility index (Phi) is 3.01. The molecule has 4 rings (SSSR count). The molecule has 4 heteroatoms. The van der Waals surface area contributed by atoms with E-state index in [0.717, 1.165) is 21.3 Å². The SMILES string of the molecule is O=C1c2ccccc2C(=O)N1N=Cc1ccc2ccccc2c1. The van der Waals surface area contributed by atoms with Gasteiger partial charge in [0.1, 0.15) is 0 Å². The lowest BCUT2D eigenvalue weighted by molar-refractivity contribution is 0.0660. The second-order valence-electron chi connectivity index (χ2n) is 5.32. The predicted octanol–water partition coefficient (Wildman–Crippen LogP) is 3.47. The highest BCUT2D eigenvalue weighted by Crippen LogP contribution is 2.22. The van der Waals surface area contributed by atoms with Gasteiger partial charge < -0.3 is 0 Å². The topological polar surface area (TPSA) is 49.7 Å². The van der Waals surface area contributed by atoms with Crippen LogP contribution in [-0.4, -0.2) is 23.0 Å². The van der Waals surface area contributed by atoms with Gasteiger partial charge in [0.05, 0.1) is 17.3 Å². The Balaban J connectivity index is 1.66. The van der Waals surface area contributed by atoms with Gasteiger partial charge in [-0.05, 0) is 34.5 Å². The lowest BCUT2D eigenvalue weighted by Crippen LogP contribution is -2.23. The minimum atomic E-state index is -0.386. The molecule has 3 aromatic carbocycles. The fourth-order valence-corrected chi connectivity index (χ4v) is 2.69. The van der Waals surface area contributed by atoms with Crippen molar-refractivity contribution in [1.82, 2.24) is 5.01 Å². The Bertz CT molecular complexity index is 941. The highest BCUT2D eigenvalue weighted by Gasteiger charge is 2.35. The maximum absolute atomic E-state index is 12.2. The predicted molar refractivity (Wildman–Crippen MR) is 88.5 cm³/mol. The average Bonchev–Trinajstić information content (AvgIpc) is 2.84.